The Balaban J connectivity index is 2.00. The van der Waals surface area contributed by atoms with Gasteiger partial charge in [0.15, 0.2) is 0 Å². The highest BCUT2D eigenvalue weighted by Gasteiger charge is 2.25. The van der Waals surface area contributed by atoms with E-state index in [1.807, 2.05) is 6.07 Å². The number of amides is 1. The van der Waals surface area contributed by atoms with Gasteiger partial charge in [-0.1, -0.05) is 23.7 Å². The number of carbonyl (C=O) groups excluding carboxylic acids is 2. The minimum Gasteiger partial charge on any atom is -0.491 e. The molecule has 2 aromatic rings. The number of benzene rings is 1. The molecule has 130 valence electrons. The van der Waals surface area contributed by atoms with E-state index >= 15 is 0 Å². The largest absolute Gasteiger partial charge is 0.491 e. The Morgan fingerprint density at radius 3 is 2.72 bits per heavy atom. The average molecular weight is 363 g/mol. The number of hydrogen-bond acceptors (Lipinski definition) is 6. The lowest BCUT2D eigenvalue weighted by Gasteiger charge is -2.07. The van der Waals surface area contributed by atoms with Gasteiger partial charge >= 0.3 is 5.97 Å². The molecule has 0 saturated heterocycles. The second kappa shape index (κ2) is 8.22. The molecule has 8 heteroatoms. The Morgan fingerprint density at radius 1 is 1.36 bits per heavy atom. The van der Waals surface area contributed by atoms with Crippen LogP contribution in [0.2, 0.25) is 5.02 Å². The summed E-state index contributed by atoms with van der Waals surface area (Å²) < 4.78 is 15.3. The van der Waals surface area contributed by atoms with Gasteiger partial charge in [0.2, 0.25) is 11.8 Å². The van der Waals surface area contributed by atoms with Crippen LogP contribution in [0.4, 0.5) is 5.88 Å². The van der Waals surface area contributed by atoms with Crippen LogP contribution in [0.15, 0.2) is 28.7 Å². The Morgan fingerprint density at radius 2 is 2.08 bits per heavy atom. The fourth-order valence-electron chi connectivity index (χ4n) is 2.09. The first-order valence-corrected chi connectivity index (χ1v) is 7.64. The van der Waals surface area contributed by atoms with Gasteiger partial charge < -0.3 is 13.9 Å². The maximum absolute atomic E-state index is 12.0. The Hall–Kier alpha value is -2.98. The fourth-order valence-corrected chi connectivity index (χ4v) is 2.28. The topological polar surface area (TPSA) is 102 Å². The summed E-state index contributed by atoms with van der Waals surface area (Å²) in [5.74, 6) is -0.584. The number of esters is 1. The molecule has 1 amide bonds. The van der Waals surface area contributed by atoms with E-state index in [0.29, 0.717) is 10.8 Å². The molecule has 2 rings (SSSR count). The number of halogens is 1. The number of carbonyl (C=O) groups is 2. The maximum atomic E-state index is 12.0. The summed E-state index contributed by atoms with van der Waals surface area (Å²) >= 11 is 5.95. The van der Waals surface area contributed by atoms with E-state index in [9.17, 15) is 14.9 Å². The zero-order valence-corrected chi connectivity index (χ0v) is 14.3. The van der Waals surface area contributed by atoms with Crippen LogP contribution >= 0.6 is 11.6 Å². The van der Waals surface area contributed by atoms with Crippen molar-refractivity contribution in [2.24, 2.45) is 0 Å². The quantitative estimate of drug-likeness (QED) is 0.791. The summed E-state index contributed by atoms with van der Waals surface area (Å²) in [5, 5.41) is 12.1. The molecule has 0 aliphatic rings. The van der Waals surface area contributed by atoms with E-state index in [0.717, 1.165) is 0 Å². The smallest absolute Gasteiger partial charge is 0.342 e. The first-order valence-electron chi connectivity index (χ1n) is 7.27. The normalized spacial score (nSPS) is 10.0. The standard InChI is InChI=1S/C17H15ClN2O5/c1-10-15(17(22)23-2)11(9-19)16(25-10)20-14(21)7-8-24-13-6-4-3-5-12(13)18/h3-6H,7-8H2,1-2H3,(H,20,21). The highest BCUT2D eigenvalue weighted by molar-refractivity contribution is 6.32. The summed E-state index contributed by atoms with van der Waals surface area (Å²) in [6.07, 6.45) is 0.00337. The fraction of sp³-hybridized carbons (Fsp3) is 0.235. The molecule has 0 aliphatic carbocycles. The number of furan rings is 1. The van der Waals surface area contributed by atoms with Crippen molar-refractivity contribution in [3.63, 3.8) is 0 Å². The predicted octanol–water partition coefficient (Wildman–Crippen LogP) is 3.31. The van der Waals surface area contributed by atoms with Crippen LogP contribution in [-0.2, 0) is 9.53 Å². The Kier molecular flexibility index (Phi) is 6.03. The number of nitriles is 1. The molecule has 1 aromatic heterocycles. The van der Waals surface area contributed by atoms with Gasteiger partial charge in [0.05, 0.1) is 25.2 Å². The molecule has 0 unspecified atom stereocenters. The van der Waals surface area contributed by atoms with Crippen LogP contribution in [0.1, 0.15) is 28.1 Å². The molecule has 1 heterocycles. The van der Waals surface area contributed by atoms with Crippen LogP contribution in [0.3, 0.4) is 0 Å². The van der Waals surface area contributed by atoms with Crippen molar-refractivity contribution in [1.29, 1.82) is 5.26 Å². The molecule has 0 bridgehead atoms. The second-order valence-electron chi connectivity index (χ2n) is 4.92. The van der Waals surface area contributed by atoms with E-state index < -0.39 is 11.9 Å². The van der Waals surface area contributed by atoms with Crippen LogP contribution in [-0.4, -0.2) is 25.6 Å². The number of para-hydroxylation sites is 1. The van der Waals surface area contributed by atoms with E-state index in [1.54, 1.807) is 24.3 Å². The van der Waals surface area contributed by atoms with Gasteiger partial charge in [-0.25, -0.2) is 4.79 Å². The molecule has 1 aromatic carbocycles. The van der Waals surface area contributed by atoms with Crippen molar-refractivity contribution in [2.45, 2.75) is 13.3 Å². The molecule has 0 atom stereocenters. The first kappa shape index (κ1) is 18.4. The second-order valence-corrected chi connectivity index (χ2v) is 5.33. The number of hydrogen-bond donors (Lipinski definition) is 1. The monoisotopic (exact) mass is 362 g/mol. The number of nitrogens with one attached hydrogen (secondary N) is 1. The highest BCUT2D eigenvalue weighted by atomic mass is 35.5. The summed E-state index contributed by atoms with van der Waals surface area (Å²) in [7, 11) is 1.19. The number of nitrogens with zero attached hydrogens (tertiary/aromatic N) is 1. The number of anilines is 1. The lowest BCUT2D eigenvalue weighted by atomic mass is 10.1. The van der Waals surface area contributed by atoms with Gasteiger partial charge in [0.25, 0.3) is 0 Å². The first-order chi connectivity index (χ1) is 12.0. The van der Waals surface area contributed by atoms with Gasteiger partial charge in [-0.05, 0) is 19.1 Å². The molecule has 1 N–H and O–H groups in total. The number of ether oxygens (including phenoxy) is 2. The number of rotatable bonds is 6. The lowest BCUT2D eigenvalue weighted by molar-refractivity contribution is -0.116. The molecule has 0 aliphatic heterocycles. The van der Waals surface area contributed by atoms with Crippen molar-refractivity contribution >= 4 is 29.4 Å². The summed E-state index contributed by atoms with van der Waals surface area (Å²) in [6, 6.07) is 8.73. The SMILES string of the molecule is COC(=O)c1c(C)oc(NC(=O)CCOc2ccccc2Cl)c1C#N. The van der Waals surface area contributed by atoms with Crippen LogP contribution in [0, 0.1) is 18.3 Å². The average Bonchev–Trinajstić information content (AvgIpc) is 2.90. The van der Waals surface area contributed by atoms with Gasteiger partial charge in [-0.3, -0.25) is 10.1 Å². The van der Waals surface area contributed by atoms with Crippen LogP contribution in [0.5, 0.6) is 5.75 Å². The summed E-state index contributed by atoms with van der Waals surface area (Å²) in [4.78, 5) is 23.7. The van der Waals surface area contributed by atoms with Crippen molar-refractivity contribution in [2.75, 3.05) is 19.0 Å². The third kappa shape index (κ3) is 4.31. The molecule has 0 radical (unpaired) electrons. The van der Waals surface area contributed by atoms with Gasteiger partial charge in [-0.15, -0.1) is 0 Å². The van der Waals surface area contributed by atoms with E-state index in [1.165, 1.54) is 14.0 Å². The number of methoxy groups -OCH3 is 1. The Bertz CT molecular complexity index is 838. The van der Waals surface area contributed by atoms with E-state index in [4.69, 9.17) is 20.8 Å². The zero-order valence-electron chi connectivity index (χ0n) is 13.6. The molecule has 0 saturated carbocycles. The molecule has 7 nitrogen and oxygen atoms in total. The van der Waals surface area contributed by atoms with Gasteiger partial charge in [0.1, 0.15) is 28.7 Å². The molecular weight excluding hydrogens is 348 g/mol. The van der Waals surface area contributed by atoms with E-state index in [2.05, 4.69) is 10.1 Å². The molecule has 0 fully saturated rings. The summed E-state index contributed by atoms with van der Waals surface area (Å²) in [6.45, 7) is 1.59. The van der Waals surface area contributed by atoms with Crippen molar-refractivity contribution < 1.29 is 23.5 Å². The zero-order chi connectivity index (χ0) is 18.4. The van der Waals surface area contributed by atoms with Crippen LogP contribution in [0.25, 0.3) is 0 Å². The highest BCUT2D eigenvalue weighted by Crippen LogP contribution is 2.27. The Labute approximate surface area is 149 Å². The lowest BCUT2D eigenvalue weighted by Crippen LogP contribution is -2.15. The van der Waals surface area contributed by atoms with Crippen LogP contribution < -0.4 is 10.1 Å². The molecule has 0 spiro atoms. The molecular formula is C17H15ClN2O5. The summed E-state index contributed by atoms with van der Waals surface area (Å²) in [5.41, 5.74) is -0.0858. The molecule has 25 heavy (non-hydrogen) atoms. The minimum absolute atomic E-state index is 0.00337. The third-order valence-corrected chi connectivity index (χ3v) is 3.57. The van der Waals surface area contributed by atoms with Crippen molar-refractivity contribution in [1.82, 2.24) is 0 Å². The minimum atomic E-state index is -0.708. The number of aryl methyl sites for hydroxylation is 1. The van der Waals surface area contributed by atoms with Crippen molar-refractivity contribution in [3.8, 4) is 11.8 Å². The predicted molar refractivity (Wildman–Crippen MR) is 89.7 cm³/mol. The van der Waals surface area contributed by atoms with Crippen molar-refractivity contribution in [3.05, 3.63) is 46.2 Å². The maximum Gasteiger partial charge on any atom is 0.342 e. The van der Waals surface area contributed by atoms with Gasteiger partial charge in [-0.2, -0.15) is 5.26 Å². The van der Waals surface area contributed by atoms with Gasteiger partial charge in [0, 0.05) is 0 Å². The van der Waals surface area contributed by atoms with E-state index in [-0.39, 0.29) is 35.8 Å². The third-order valence-electron chi connectivity index (χ3n) is 3.26.